The maximum Gasteiger partial charge on any atom is 0.404 e. The van der Waals surface area contributed by atoms with Gasteiger partial charge < -0.3 is 10.5 Å². The number of aldehydes is 1. The number of primary amides is 1. The molecule has 2 N–H and O–H groups in total. The molecule has 0 aliphatic rings. The summed E-state index contributed by atoms with van der Waals surface area (Å²) in [5.41, 5.74) is 6.42. The lowest BCUT2D eigenvalue weighted by atomic mass is 10.1. The lowest BCUT2D eigenvalue weighted by Crippen LogP contribution is -2.14. The summed E-state index contributed by atoms with van der Waals surface area (Å²) >= 11 is 0. The summed E-state index contributed by atoms with van der Waals surface area (Å²) in [5, 5.41) is 0. The highest BCUT2D eigenvalue weighted by Gasteiger charge is 1.96. The van der Waals surface area contributed by atoms with Crippen LogP contribution in [0, 0.1) is 0 Å². The molecular weight excluding hydrogens is 182 g/mol. The molecule has 1 rings (SSSR count). The van der Waals surface area contributed by atoms with Crippen LogP contribution >= 0.6 is 0 Å². The highest BCUT2D eigenvalue weighted by molar-refractivity contribution is 5.74. The van der Waals surface area contributed by atoms with Crippen LogP contribution in [0.5, 0.6) is 0 Å². The predicted octanol–water partition coefficient (Wildman–Crippen LogP) is 1.14. The van der Waals surface area contributed by atoms with E-state index >= 15 is 0 Å². The van der Waals surface area contributed by atoms with Crippen molar-refractivity contribution >= 4 is 12.4 Å². The van der Waals surface area contributed by atoms with Gasteiger partial charge in [-0.3, -0.25) is 4.79 Å². The van der Waals surface area contributed by atoms with Crippen LogP contribution in [0.25, 0.3) is 0 Å². The van der Waals surface area contributed by atoms with Crippen molar-refractivity contribution in [2.24, 2.45) is 5.73 Å². The minimum atomic E-state index is -0.769. The number of rotatable bonds is 4. The molecule has 0 spiro atoms. The second kappa shape index (κ2) is 5.01. The van der Waals surface area contributed by atoms with Gasteiger partial charge in [-0.2, -0.15) is 0 Å². The standard InChI is InChI=1S/C10H11NO3/c11-10(13)14-6-5-8-1-3-9(7-12)4-2-8/h1-4,7H,5-6H2,(H2,11,13). The Morgan fingerprint density at radius 2 is 2.00 bits per heavy atom. The molecule has 0 aliphatic carbocycles. The second-order valence-electron chi connectivity index (χ2n) is 2.78. The van der Waals surface area contributed by atoms with Crippen molar-refractivity contribution in [1.82, 2.24) is 0 Å². The summed E-state index contributed by atoms with van der Waals surface area (Å²) in [5.74, 6) is 0. The smallest absolute Gasteiger partial charge is 0.404 e. The maximum atomic E-state index is 10.3. The van der Waals surface area contributed by atoms with Crippen molar-refractivity contribution < 1.29 is 14.3 Å². The van der Waals surface area contributed by atoms with E-state index in [1.54, 1.807) is 12.1 Å². The molecule has 14 heavy (non-hydrogen) atoms. The lowest BCUT2D eigenvalue weighted by molar-refractivity contribution is 0.112. The molecule has 0 saturated carbocycles. The summed E-state index contributed by atoms with van der Waals surface area (Å²) < 4.78 is 4.57. The van der Waals surface area contributed by atoms with Crippen LogP contribution in [0.15, 0.2) is 24.3 Å². The van der Waals surface area contributed by atoms with E-state index in [1.807, 2.05) is 12.1 Å². The monoisotopic (exact) mass is 193 g/mol. The number of carbonyl (C=O) groups excluding carboxylic acids is 2. The van der Waals surface area contributed by atoms with Crippen LogP contribution in [0.2, 0.25) is 0 Å². The predicted molar refractivity (Wildman–Crippen MR) is 51.1 cm³/mol. The Labute approximate surface area is 81.7 Å². The van der Waals surface area contributed by atoms with Crippen molar-refractivity contribution in [3.05, 3.63) is 35.4 Å². The minimum absolute atomic E-state index is 0.260. The molecule has 1 aromatic rings. The van der Waals surface area contributed by atoms with Crippen molar-refractivity contribution in [2.75, 3.05) is 6.61 Å². The van der Waals surface area contributed by atoms with Crippen LogP contribution in [0.4, 0.5) is 4.79 Å². The number of nitrogens with two attached hydrogens (primary N) is 1. The first-order valence-electron chi connectivity index (χ1n) is 4.18. The number of ether oxygens (including phenoxy) is 1. The molecule has 0 aliphatic heterocycles. The van der Waals surface area contributed by atoms with Gasteiger partial charge in [0.1, 0.15) is 6.29 Å². The van der Waals surface area contributed by atoms with Gasteiger partial charge in [0.15, 0.2) is 0 Å². The maximum absolute atomic E-state index is 10.3. The molecule has 0 aromatic heterocycles. The summed E-state index contributed by atoms with van der Waals surface area (Å²) in [6.07, 6.45) is 0.612. The minimum Gasteiger partial charge on any atom is -0.449 e. The average molecular weight is 193 g/mol. The van der Waals surface area contributed by atoms with Gasteiger partial charge in [-0.15, -0.1) is 0 Å². The van der Waals surface area contributed by atoms with E-state index in [0.717, 1.165) is 11.8 Å². The number of carbonyl (C=O) groups is 2. The summed E-state index contributed by atoms with van der Waals surface area (Å²) in [4.78, 5) is 20.6. The zero-order valence-electron chi connectivity index (χ0n) is 7.60. The Morgan fingerprint density at radius 3 is 2.50 bits per heavy atom. The first-order valence-corrected chi connectivity index (χ1v) is 4.18. The third-order valence-electron chi connectivity index (χ3n) is 1.75. The SMILES string of the molecule is NC(=O)OCCc1ccc(C=O)cc1. The quantitative estimate of drug-likeness (QED) is 0.729. The van der Waals surface area contributed by atoms with Crippen LogP contribution in [-0.2, 0) is 11.2 Å². The Hall–Kier alpha value is -1.84. The fraction of sp³-hybridized carbons (Fsp3) is 0.200. The molecule has 1 aromatic carbocycles. The second-order valence-corrected chi connectivity index (χ2v) is 2.78. The van der Waals surface area contributed by atoms with Gasteiger partial charge in [-0.05, 0) is 5.56 Å². The molecule has 0 heterocycles. The van der Waals surface area contributed by atoms with E-state index in [-0.39, 0.29) is 6.61 Å². The van der Waals surface area contributed by atoms with Gasteiger partial charge in [-0.1, -0.05) is 24.3 Å². The first-order chi connectivity index (χ1) is 6.72. The third-order valence-corrected chi connectivity index (χ3v) is 1.75. The van der Waals surface area contributed by atoms with Crippen LogP contribution in [-0.4, -0.2) is 19.0 Å². The number of hydrogen-bond donors (Lipinski definition) is 1. The Balaban J connectivity index is 2.43. The zero-order chi connectivity index (χ0) is 10.4. The van der Waals surface area contributed by atoms with Crippen molar-refractivity contribution in [3.8, 4) is 0 Å². The van der Waals surface area contributed by atoms with E-state index in [0.29, 0.717) is 12.0 Å². The van der Waals surface area contributed by atoms with Gasteiger partial charge in [-0.25, -0.2) is 4.79 Å². The van der Waals surface area contributed by atoms with Gasteiger partial charge in [0.2, 0.25) is 0 Å². The summed E-state index contributed by atoms with van der Waals surface area (Å²) in [6, 6.07) is 7.06. The lowest BCUT2D eigenvalue weighted by Gasteiger charge is -2.01. The van der Waals surface area contributed by atoms with E-state index in [1.165, 1.54) is 0 Å². The van der Waals surface area contributed by atoms with E-state index in [9.17, 15) is 9.59 Å². The summed E-state index contributed by atoms with van der Waals surface area (Å²) in [7, 11) is 0. The molecule has 0 saturated heterocycles. The van der Waals surface area contributed by atoms with E-state index < -0.39 is 6.09 Å². The van der Waals surface area contributed by atoms with E-state index in [2.05, 4.69) is 4.74 Å². The first kappa shape index (κ1) is 10.2. The normalized spacial score (nSPS) is 9.43. The largest absolute Gasteiger partial charge is 0.449 e. The highest BCUT2D eigenvalue weighted by Crippen LogP contribution is 2.03. The van der Waals surface area contributed by atoms with E-state index in [4.69, 9.17) is 5.73 Å². The topological polar surface area (TPSA) is 69.4 Å². The molecule has 0 atom stereocenters. The number of benzene rings is 1. The average Bonchev–Trinajstić information content (AvgIpc) is 2.18. The molecule has 0 radical (unpaired) electrons. The third kappa shape index (κ3) is 3.26. The molecule has 1 amide bonds. The molecule has 0 bridgehead atoms. The number of hydrogen-bond acceptors (Lipinski definition) is 3. The van der Waals surface area contributed by atoms with Gasteiger partial charge >= 0.3 is 6.09 Å². The van der Waals surface area contributed by atoms with Crippen molar-refractivity contribution in [2.45, 2.75) is 6.42 Å². The molecule has 0 unspecified atom stereocenters. The Kier molecular flexibility index (Phi) is 3.67. The van der Waals surface area contributed by atoms with Crippen LogP contribution in [0.3, 0.4) is 0 Å². The van der Waals surface area contributed by atoms with Crippen LogP contribution in [0.1, 0.15) is 15.9 Å². The van der Waals surface area contributed by atoms with Crippen LogP contribution < -0.4 is 5.73 Å². The Bertz CT molecular complexity index is 319. The van der Waals surface area contributed by atoms with Gasteiger partial charge in [0.25, 0.3) is 0 Å². The fourth-order valence-electron chi connectivity index (χ4n) is 1.03. The zero-order valence-corrected chi connectivity index (χ0v) is 7.60. The molecule has 4 nitrogen and oxygen atoms in total. The van der Waals surface area contributed by atoms with Crippen molar-refractivity contribution in [3.63, 3.8) is 0 Å². The number of amides is 1. The molecule has 74 valence electrons. The highest BCUT2D eigenvalue weighted by atomic mass is 16.5. The Morgan fingerprint density at radius 1 is 1.36 bits per heavy atom. The van der Waals surface area contributed by atoms with Crippen molar-refractivity contribution in [1.29, 1.82) is 0 Å². The summed E-state index contributed by atoms with van der Waals surface area (Å²) in [6.45, 7) is 0.260. The fourth-order valence-corrected chi connectivity index (χ4v) is 1.03. The molecule has 4 heteroatoms. The van der Waals surface area contributed by atoms with Gasteiger partial charge in [0.05, 0.1) is 6.61 Å². The molecule has 0 fully saturated rings. The van der Waals surface area contributed by atoms with Gasteiger partial charge in [0, 0.05) is 12.0 Å². The molecular formula is C10H11NO3.